The molecule has 0 radical (unpaired) electrons. The van der Waals surface area contributed by atoms with E-state index in [0.29, 0.717) is 6.54 Å². The van der Waals surface area contributed by atoms with E-state index in [-0.39, 0.29) is 5.92 Å². The molecule has 0 aliphatic carbocycles. The van der Waals surface area contributed by atoms with Crippen LogP contribution in [0.1, 0.15) is 34.7 Å². The second-order valence-corrected chi connectivity index (χ2v) is 6.99. The van der Waals surface area contributed by atoms with E-state index in [0.717, 1.165) is 15.3 Å². The maximum absolute atomic E-state index is 11.2. The minimum Gasteiger partial charge on any atom is -0.480 e. The van der Waals surface area contributed by atoms with Crippen molar-refractivity contribution in [2.75, 3.05) is 0 Å². The topological polar surface area (TPSA) is 49.3 Å². The molecule has 4 heteroatoms. The van der Waals surface area contributed by atoms with Crippen molar-refractivity contribution in [2.45, 2.75) is 33.4 Å². The van der Waals surface area contributed by atoms with Gasteiger partial charge < -0.3 is 5.11 Å². The predicted octanol–water partition coefficient (Wildman–Crippen LogP) is 3.66. The van der Waals surface area contributed by atoms with Crippen LogP contribution in [0.5, 0.6) is 0 Å². The van der Waals surface area contributed by atoms with Gasteiger partial charge in [0.15, 0.2) is 0 Å². The highest BCUT2D eigenvalue weighted by Gasteiger charge is 2.20. The number of carbonyl (C=O) groups is 1. The summed E-state index contributed by atoms with van der Waals surface area (Å²) in [6, 6.07) is 11.6. The summed E-state index contributed by atoms with van der Waals surface area (Å²) >= 11 is 1.59. The number of aliphatic carboxylic acids is 1. The van der Waals surface area contributed by atoms with Crippen LogP contribution >= 0.6 is 11.3 Å². The fourth-order valence-electron chi connectivity index (χ4n) is 2.13. The highest BCUT2D eigenvalue weighted by molar-refractivity contribution is 7.12. The SMILES string of the molecule is Cc1ccc(C#Cc2ccc(CN[C@@H](C(=O)O)C(C)C)s2)cc1. The van der Waals surface area contributed by atoms with E-state index in [9.17, 15) is 9.90 Å². The van der Waals surface area contributed by atoms with E-state index in [2.05, 4.69) is 24.1 Å². The number of carboxylic acid groups (broad SMARTS) is 1. The molecule has 0 unspecified atom stereocenters. The maximum atomic E-state index is 11.2. The molecule has 0 spiro atoms. The number of rotatable bonds is 5. The molecule has 23 heavy (non-hydrogen) atoms. The summed E-state index contributed by atoms with van der Waals surface area (Å²) in [6.45, 7) is 6.40. The van der Waals surface area contributed by atoms with Gasteiger partial charge in [-0.2, -0.15) is 0 Å². The standard InChI is InChI=1S/C19H21NO2S/c1-13(2)18(19(21)22)20-12-17-11-10-16(23-17)9-8-15-6-4-14(3)5-7-15/h4-7,10-11,13,18,20H,12H2,1-3H3,(H,21,22)/t18-/m1/s1. The summed E-state index contributed by atoms with van der Waals surface area (Å²) in [5, 5.41) is 12.3. The van der Waals surface area contributed by atoms with E-state index in [1.807, 2.05) is 50.2 Å². The third kappa shape index (κ3) is 5.24. The Morgan fingerprint density at radius 1 is 1.17 bits per heavy atom. The molecule has 1 aromatic carbocycles. The zero-order chi connectivity index (χ0) is 16.8. The quantitative estimate of drug-likeness (QED) is 0.824. The van der Waals surface area contributed by atoms with E-state index >= 15 is 0 Å². The first-order valence-electron chi connectivity index (χ1n) is 7.59. The van der Waals surface area contributed by atoms with Crippen molar-refractivity contribution in [2.24, 2.45) is 5.92 Å². The van der Waals surface area contributed by atoms with Crippen molar-refractivity contribution in [3.05, 3.63) is 57.3 Å². The zero-order valence-corrected chi connectivity index (χ0v) is 14.4. The van der Waals surface area contributed by atoms with E-state index in [1.165, 1.54) is 5.56 Å². The van der Waals surface area contributed by atoms with Gasteiger partial charge in [-0.3, -0.25) is 10.1 Å². The lowest BCUT2D eigenvalue weighted by atomic mass is 10.1. The lowest BCUT2D eigenvalue weighted by Gasteiger charge is -2.17. The number of benzene rings is 1. The second-order valence-electron chi connectivity index (χ2n) is 5.82. The van der Waals surface area contributed by atoms with Crippen LogP contribution in [-0.4, -0.2) is 17.1 Å². The number of hydrogen-bond acceptors (Lipinski definition) is 3. The van der Waals surface area contributed by atoms with Gasteiger partial charge in [0, 0.05) is 17.0 Å². The highest BCUT2D eigenvalue weighted by atomic mass is 32.1. The summed E-state index contributed by atoms with van der Waals surface area (Å²) in [7, 11) is 0. The molecule has 1 aromatic heterocycles. The first-order valence-corrected chi connectivity index (χ1v) is 8.41. The number of carboxylic acids is 1. The number of nitrogens with one attached hydrogen (secondary N) is 1. The zero-order valence-electron chi connectivity index (χ0n) is 13.6. The minimum absolute atomic E-state index is 0.0493. The van der Waals surface area contributed by atoms with Crippen LogP contribution in [0.4, 0.5) is 0 Å². The first-order chi connectivity index (χ1) is 11.0. The van der Waals surface area contributed by atoms with Crippen molar-refractivity contribution >= 4 is 17.3 Å². The molecule has 0 saturated carbocycles. The Morgan fingerprint density at radius 2 is 1.87 bits per heavy atom. The Morgan fingerprint density at radius 3 is 2.48 bits per heavy atom. The van der Waals surface area contributed by atoms with Crippen molar-refractivity contribution in [1.82, 2.24) is 5.32 Å². The molecule has 0 fully saturated rings. The lowest BCUT2D eigenvalue weighted by molar-refractivity contribution is -0.140. The smallest absolute Gasteiger partial charge is 0.320 e. The fraction of sp³-hybridized carbons (Fsp3) is 0.316. The molecule has 0 bridgehead atoms. The molecule has 120 valence electrons. The average Bonchev–Trinajstić information content (AvgIpc) is 2.94. The third-order valence-electron chi connectivity index (χ3n) is 3.47. The van der Waals surface area contributed by atoms with Crippen LogP contribution in [0, 0.1) is 24.7 Å². The van der Waals surface area contributed by atoms with Crippen molar-refractivity contribution in [1.29, 1.82) is 0 Å². The van der Waals surface area contributed by atoms with Crippen molar-refractivity contribution in [3.63, 3.8) is 0 Å². The maximum Gasteiger partial charge on any atom is 0.320 e. The van der Waals surface area contributed by atoms with Gasteiger partial charge in [-0.05, 0) is 37.1 Å². The average molecular weight is 327 g/mol. The van der Waals surface area contributed by atoms with Gasteiger partial charge in [-0.15, -0.1) is 11.3 Å². The second kappa shape index (κ2) is 7.96. The largest absolute Gasteiger partial charge is 0.480 e. The summed E-state index contributed by atoms with van der Waals surface area (Å²) in [4.78, 5) is 13.2. The Hall–Kier alpha value is -2.09. The summed E-state index contributed by atoms with van der Waals surface area (Å²) in [5.74, 6) is 5.55. The van der Waals surface area contributed by atoms with Crippen LogP contribution in [0.15, 0.2) is 36.4 Å². The Labute approximate surface area is 141 Å². The van der Waals surface area contributed by atoms with Crippen LogP contribution in [0.2, 0.25) is 0 Å². The van der Waals surface area contributed by atoms with Gasteiger partial charge in [0.25, 0.3) is 0 Å². The monoisotopic (exact) mass is 327 g/mol. The van der Waals surface area contributed by atoms with Gasteiger partial charge in [-0.25, -0.2) is 0 Å². The summed E-state index contributed by atoms with van der Waals surface area (Å²) in [6.07, 6.45) is 0. The molecular weight excluding hydrogens is 306 g/mol. The molecule has 3 nitrogen and oxygen atoms in total. The normalized spacial score (nSPS) is 11.8. The molecule has 2 rings (SSSR count). The molecule has 2 N–H and O–H groups in total. The molecule has 0 saturated heterocycles. The molecule has 1 heterocycles. The van der Waals surface area contributed by atoms with Gasteiger partial charge in [-0.1, -0.05) is 43.4 Å². The van der Waals surface area contributed by atoms with Gasteiger partial charge in [0.2, 0.25) is 0 Å². The fourth-order valence-corrected chi connectivity index (χ4v) is 2.94. The lowest BCUT2D eigenvalue weighted by Crippen LogP contribution is -2.40. The molecule has 0 amide bonds. The van der Waals surface area contributed by atoms with Crippen LogP contribution in [0.3, 0.4) is 0 Å². The van der Waals surface area contributed by atoms with E-state index in [1.54, 1.807) is 11.3 Å². The predicted molar refractivity (Wildman–Crippen MR) is 94.6 cm³/mol. The number of thiophene rings is 1. The van der Waals surface area contributed by atoms with E-state index < -0.39 is 12.0 Å². The summed E-state index contributed by atoms with van der Waals surface area (Å²) < 4.78 is 0. The van der Waals surface area contributed by atoms with Crippen molar-refractivity contribution < 1.29 is 9.90 Å². The van der Waals surface area contributed by atoms with Gasteiger partial charge in [0.05, 0.1) is 4.88 Å². The molecular formula is C19H21NO2S. The Bertz CT molecular complexity index is 720. The number of hydrogen-bond donors (Lipinski definition) is 2. The first kappa shape index (κ1) is 17.3. The minimum atomic E-state index is -0.809. The third-order valence-corrected chi connectivity index (χ3v) is 4.47. The Kier molecular flexibility index (Phi) is 5.97. The highest BCUT2D eigenvalue weighted by Crippen LogP contribution is 2.16. The Balaban J connectivity index is 1.98. The molecule has 2 aromatic rings. The van der Waals surface area contributed by atoms with Crippen LogP contribution in [0.25, 0.3) is 0 Å². The van der Waals surface area contributed by atoms with E-state index in [4.69, 9.17) is 0 Å². The van der Waals surface area contributed by atoms with Gasteiger partial charge >= 0.3 is 5.97 Å². The molecule has 0 aliphatic rings. The summed E-state index contributed by atoms with van der Waals surface area (Å²) in [5.41, 5.74) is 2.22. The van der Waals surface area contributed by atoms with Crippen LogP contribution < -0.4 is 5.32 Å². The number of aryl methyl sites for hydroxylation is 1. The van der Waals surface area contributed by atoms with Gasteiger partial charge in [0.1, 0.15) is 6.04 Å². The van der Waals surface area contributed by atoms with Crippen molar-refractivity contribution in [3.8, 4) is 11.8 Å². The van der Waals surface area contributed by atoms with Crippen LogP contribution in [-0.2, 0) is 11.3 Å². The molecule has 0 aliphatic heterocycles. The molecule has 1 atom stereocenters.